The highest BCUT2D eigenvalue weighted by Gasteiger charge is 2.22. The maximum absolute atomic E-state index is 10.5. The van der Waals surface area contributed by atoms with E-state index in [0.717, 1.165) is 4.88 Å². The van der Waals surface area contributed by atoms with Gasteiger partial charge < -0.3 is 15.5 Å². The summed E-state index contributed by atoms with van der Waals surface area (Å²) in [5.41, 5.74) is 0. The number of hydrogen-bond acceptors (Lipinski definition) is 4. The molecule has 0 saturated heterocycles. The van der Waals surface area contributed by atoms with Crippen LogP contribution in [-0.4, -0.2) is 29.3 Å². The second kappa shape index (κ2) is 5.09. The minimum atomic E-state index is -0.917. The number of aliphatic hydroxyl groups excluding tert-OH is 1. The number of aliphatic carboxylic acids is 1. The lowest BCUT2D eigenvalue weighted by molar-refractivity contribution is -0.138. The predicted octanol–water partition coefficient (Wildman–Crippen LogP) is 0.844. The van der Waals surface area contributed by atoms with E-state index in [2.05, 4.69) is 5.32 Å². The third-order valence-electron chi connectivity index (χ3n) is 1.98. The van der Waals surface area contributed by atoms with Gasteiger partial charge in [-0.1, -0.05) is 6.07 Å². The molecule has 0 aliphatic heterocycles. The molecule has 0 fully saturated rings. The summed E-state index contributed by atoms with van der Waals surface area (Å²) in [6.07, 6.45) is -0.841. The topological polar surface area (TPSA) is 69.6 Å². The van der Waals surface area contributed by atoms with Crippen molar-refractivity contribution in [2.45, 2.75) is 18.6 Å². The van der Waals surface area contributed by atoms with Gasteiger partial charge in [-0.3, -0.25) is 4.79 Å². The smallest absolute Gasteiger partial charge is 0.305 e. The van der Waals surface area contributed by atoms with Crippen LogP contribution in [0.3, 0.4) is 0 Å². The lowest BCUT2D eigenvalue weighted by Crippen LogP contribution is -2.33. The number of rotatable bonds is 5. The zero-order chi connectivity index (χ0) is 10.6. The Bertz CT molecular complexity index is 286. The second-order valence-electron chi connectivity index (χ2n) is 2.95. The Balaban J connectivity index is 2.65. The first kappa shape index (κ1) is 11.2. The molecule has 0 spiro atoms. The summed E-state index contributed by atoms with van der Waals surface area (Å²) in [5, 5.41) is 23.1. The SMILES string of the molecule is CNC(CC(=O)O)C(O)c1cccs1. The molecule has 0 amide bonds. The summed E-state index contributed by atoms with van der Waals surface area (Å²) in [6.45, 7) is 0. The molecular formula is C9H13NO3S. The van der Waals surface area contributed by atoms with Crippen LogP contribution in [0.15, 0.2) is 17.5 Å². The number of thiophene rings is 1. The quantitative estimate of drug-likeness (QED) is 0.681. The summed E-state index contributed by atoms with van der Waals surface area (Å²) in [7, 11) is 1.64. The summed E-state index contributed by atoms with van der Waals surface area (Å²) < 4.78 is 0. The fraction of sp³-hybridized carbons (Fsp3) is 0.444. The molecular weight excluding hydrogens is 202 g/mol. The lowest BCUT2D eigenvalue weighted by Gasteiger charge is -2.19. The Morgan fingerprint density at radius 2 is 2.43 bits per heavy atom. The van der Waals surface area contributed by atoms with Crippen LogP contribution in [0.1, 0.15) is 17.4 Å². The maximum Gasteiger partial charge on any atom is 0.305 e. The van der Waals surface area contributed by atoms with Crippen molar-refractivity contribution in [3.8, 4) is 0 Å². The molecule has 0 radical (unpaired) electrons. The number of carboxylic acid groups (broad SMARTS) is 1. The van der Waals surface area contributed by atoms with Gasteiger partial charge in [-0.2, -0.15) is 0 Å². The number of likely N-dealkylation sites (N-methyl/N-ethyl adjacent to an activating group) is 1. The highest BCUT2D eigenvalue weighted by molar-refractivity contribution is 7.10. The first-order chi connectivity index (χ1) is 6.65. The molecule has 4 nitrogen and oxygen atoms in total. The van der Waals surface area contributed by atoms with Crippen molar-refractivity contribution in [1.82, 2.24) is 5.32 Å². The minimum absolute atomic E-state index is 0.0877. The number of aliphatic hydroxyl groups is 1. The maximum atomic E-state index is 10.5. The van der Waals surface area contributed by atoms with Crippen LogP contribution in [0.25, 0.3) is 0 Å². The lowest BCUT2D eigenvalue weighted by atomic mass is 10.1. The molecule has 1 rings (SSSR count). The zero-order valence-electron chi connectivity index (χ0n) is 7.80. The Labute approximate surface area is 86.2 Å². The van der Waals surface area contributed by atoms with Crippen LogP contribution < -0.4 is 5.32 Å². The van der Waals surface area contributed by atoms with Gasteiger partial charge in [-0.25, -0.2) is 0 Å². The highest BCUT2D eigenvalue weighted by Crippen LogP contribution is 2.23. The van der Waals surface area contributed by atoms with Gasteiger partial charge in [0, 0.05) is 10.9 Å². The van der Waals surface area contributed by atoms with E-state index in [1.807, 2.05) is 11.4 Å². The average Bonchev–Trinajstić information content (AvgIpc) is 2.65. The first-order valence-corrected chi connectivity index (χ1v) is 5.13. The summed E-state index contributed by atoms with van der Waals surface area (Å²) in [6, 6.07) is 3.18. The van der Waals surface area contributed by atoms with Crippen LogP contribution in [0.4, 0.5) is 0 Å². The van der Waals surface area contributed by atoms with E-state index in [4.69, 9.17) is 5.11 Å². The Morgan fingerprint density at radius 1 is 1.71 bits per heavy atom. The van der Waals surface area contributed by atoms with Gasteiger partial charge in [-0.05, 0) is 18.5 Å². The van der Waals surface area contributed by atoms with E-state index in [-0.39, 0.29) is 6.42 Å². The van der Waals surface area contributed by atoms with Gasteiger partial charge >= 0.3 is 5.97 Å². The van der Waals surface area contributed by atoms with Crippen molar-refractivity contribution >= 4 is 17.3 Å². The summed E-state index contributed by atoms with van der Waals surface area (Å²) >= 11 is 1.42. The summed E-state index contributed by atoms with van der Waals surface area (Å²) in [5.74, 6) is -0.917. The van der Waals surface area contributed by atoms with Crippen LogP contribution >= 0.6 is 11.3 Å². The molecule has 2 unspecified atom stereocenters. The standard InChI is InChI=1S/C9H13NO3S/c1-10-6(5-8(11)12)9(13)7-3-2-4-14-7/h2-4,6,9-10,13H,5H2,1H3,(H,11,12). The van der Waals surface area contributed by atoms with Crippen LogP contribution in [-0.2, 0) is 4.79 Å². The predicted molar refractivity (Wildman–Crippen MR) is 54.4 cm³/mol. The molecule has 0 aromatic carbocycles. The summed E-state index contributed by atoms with van der Waals surface area (Å²) in [4.78, 5) is 11.3. The van der Waals surface area contributed by atoms with Crippen LogP contribution in [0.5, 0.6) is 0 Å². The van der Waals surface area contributed by atoms with Crippen molar-refractivity contribution in [1.29, 1.82) is 0 Å². The molecule has 1 aromatic heterocycles. The molecule has 0 saturated carbocycles. The fourth-order valence-electron chi connectivity index (χ4n) is 1.22. The molecule has 14 heavy (non-hydrogen) atoms. The molecule has 2 atom stereocenters. The molecule has 1 heterocycles. The van der Waals surface area contributed by atoms with Crippen molar-refractivity contribution < 1.29 is 15.0 Å². The van der Waals surface area contributed by atoms with E-state index >= 15 is 0 Å². The molecule has 0 aliphatic carbocycles. The molecule has 5 heteroatoms. The minimum Gasteiger partial charge on any atom is -0.481 e. The van der Waals surface area contributed by atoms with Gasteiger partial charge in [-0.15, -0.1) is 11.3 Å². The Morgan fingerprint density at radius 3 is 2.86 bits per heavy atom. The van der Waals surface area contributed by atoms with E-state index in [9.17, 15) is 9.90 Å². The van der Waals surface area contributed by atoms with Crippen LogP contribution in [0.2, 0.25) is 0 Å². The van der Waals surface area contributed by atoms with Crippen molar-refractivity contribution in [3.05, 3.63) is 22.4 Å². The van der Waals surface area contributed by atoms with Crippen molar-refractivity contribution in [2.24, 2.45) is 0 Å². The molecule has 3 N–H and O–H groups in total. The number of carbonyl (C=O) groups is 1. The van der Waals surface area contributed by atoms with E-state index in [0.29, 0.717) is 0 Å². The molecule has 0 aliphatic rings. The highest BCUT2D eigenvalue weighted by atomic mass is 32.1. The number of nitrogens with one attached hydrogen (secondary N) is 1. The number of hydrogen-bond donors (Lipinski definition) is 3. The average molecular weight is 215 g/mol. The molecule has 1 aromatic rings. The third-order valence-corrected chi connectivity index (χ3v) is 2.92. The van der Waals surface area contributed by atoms with E-state index < -0.39 is 18.1 Å². The number of carboxylic acids is 1. The van der Waals surface area contributed by atoms with Gasteiger partial charge in [0.15, 0.2) is 0 Å². The third kappa shape index (κ3) is 2.80. The van der Waals surface area contributed by atoms with Crippen molar-refractivity contribution in [3.63, 3.8) is 0 Å². The van der Waals surface area contributed by atoms with E-state index in [1.54, 1.807) is 13.1 Å². The molecule has 0 bridgehead atoms. The molecule has 78 valence electrons. The first-order valence-electron chi connectivity index (χ1n) is 4.25. The zero-order valence-corrected chi connectivity index (χ0v) is 8.62. The Hall–Kier alpha value is -0.910. The second-order valence-corrected chi connectivity index (χ2v) is 3.93. The largest absolute Gasteiger partial charge is 0.481 e. The normalized spacial score (nSPS) is 15.0. The monoisotopic (exact) mass is 215 g/mol. The Kier molecular flexibility index (Phi) is 4.06. The van der Waals surface area contributed by atoms with Gasteiger partial charge in [0.1, 0.15) is 6.10 Å². The van der Waals surface area contributed by atoms with E-state index in [1.165, 1.54) is 11.3 Å². The van der Waals surface area contributed by atoms with Gasteiger partial charge in [0.05, 0.1) is 6.42 Å². The van der Waals surface area contributed by atoms with Gasteiger partial charge in [0.2, 0.25) is 0 Å². The van der Waals surface area contributed by atoms with Crippen LogP contribution in [0, 0.1) is 0 Å². The van der Waals surface area contributed by atoms with Crippen molar-refractivity contribution in [2.75, 3.05) is 7.05 Å². The van der Waals surface area contributed by atoms with Gasteiger partial charge in [0.25, 0.3) is 0 Å². The fourth-order valence-corrected chi connectivity index (χ4v) is 1.99.